The first-order chi connectivity index (χ1) is 13.2. The number of rotatable bonds is 5. The molecule has 1 aliphatic heterocycles. The minimum atomic E-state index is -0.495. The van der Waals surface area contributed by atoms with E-state index in [-0.39, 0.29) is 11.7 Å². The molecule has 2 N–H and O–H groups in total. The molecule has 2 fully saturated rings. The van der Waals surface area contributed by atoms with E-state index in [0.717, 1.165) is 38.0 Å². The maximum absolute atomic E-state index is 14.5. The number of hydrogen-bond donors (Lipinski definition) is 2. The summed E-state index contributed by atoms with van der Waals surface area (Å²) in [6.45, 7) is 1.80. The molecule has 4 heterocycles. The summed E-state index contributed by atoms with van der Waals surface area (Å²) in [6.07, 6.45) is 7.75. The van der Waals surface area contributed by atoms with E-state index < -0.39 is 5.82 Å². The molecule has 5 rings (SSSR count). The van der Waals surface area contributed by atoms with Crippen molar-refractivity contribution in [1.82, 2.24) is 29.9 Å². The highest BCUT2D eigenvalue weighted by molar-refractivity contribution is 5.75. The number of nitrogens with one attached hydrogen (secondary N) is 2. The van der Waals surface area contributed by atoms with Crippen LogP contribution in [0.5, 0.6) is 5.75 Å². The van der Waals surface area contributed by atoms with Crippen molar-refractivity contribution < 1.29 is 9.13 Å². The van der Waals surface area contributed by atoms with Crippen LogP contribution in [0, 0.1) is 5.82 Å². The van der Waals surface area contributed by atoms with Gasteiger partial charge in [0, 0.05) is 18.5 Å². The van der Waals surface area contributed by atoms with E-state index in [1.807, 2.05) is 0 Å². The lowest BCUT2D eigenvalue weighted by atomic mass is 10.2. The summed E-state index contributed by atoms with van der Waals surface area (Å²) < 4.78 is 21.6. The summed E-state index contributed by atoms with van der Waals surface area (Å²) in [7, 11) is 1.62. The van der Waals surface area contributed by atoms with Crippen molar-refractivity contribution >= 4 is 11.6 Å². The highest BCUT2D eigenvalue weighted by Crippen LogP contribution is 2.43. The Morgan fingerprint density at radius 1 is 1.26 bits per heavy atom. The maximum atomic E-state index is 14.5. The van der Waals surface area contributed by atoms with Crippen LogP contribution in [0.15, 0.2) is 18.6 Å². The predicted octanol–water partition coefficient (Wildman–Crippen LogP) is 1.99. The second kappa shape index (κ2) is 6.41. The zero-order chi connectivity index (χ0) is 18.4. The Balaban J connectivity index is 1.57. The van der Waals surface area contributed by atoms with Crippen molar-refractivity contribution in [2.45, 2.75) is 31.2 Å². The quantitative estimate of drug-likeness (QED) is 0.711. The van der Waals surface area contributed by atoms with Crippen LogP contribution in [0.2, 0.25) is 0 Å². The first-order valence-electron chi connectivity index (χ1n) is 9.15. The van der Waals surface area contributed by atoms with E-state index >= 15 is 0 Å². The lowest BCUT2D eigenvalue weighted by Gasteiger charge is -2.12. The van der Waals surface area contributed by atoms with Crippen LogP contribution in [-0.4, -0.2) is 50.8 Å². The van der Waals surface area contributed by atoms with Gasteiger partial charge in [-0.25, -0.2) is 23.9 Å². The van der Waals surface area contributed by atoms with E-state index in [2.05, 4.69) is 25.7 Å². The Bertz CT molecular complexity index is 995. The third-order valence-corrected chi connectivity index (χ3v) is 5.06. The normalized spacial score (nSPS) is 19.6. The van der Waals surface area contributed by atoms with Crippen LogP contribution in [0.3, 0.4) is 0 Å². The van der Waals surface area contributed by atoms with E-state index in [1.54, 1.807) is 24.0 Å². The molecule has 1 unspecified atom stereocenters. The number of methoxy groups -OCH3 is 1. The molecule has 0 aromatic carbocycles. The van der Waals surface area contributed by atoms with Crippen molar-refractivity contribution in [3.05, 3.63) is 30.1 Å². The van der Waals surface area contributed by atoms with Crippen LogP contribution in [0.1, 0.15) is 30.9 Å². The molecular formula is C18H20FN7O. The average molecular weight is 369 g/mol. The maximum Gasteiger partial charge on any atom is 0.223 e. The van der Waals surface area contributed by atoms with Gasteiger partial charge in [0.15, 0.2) is 17.2 Å². The first-order valence-corrected chi connectivity index (χ1v) is 9.15. The van der Waals surface area contributed by atoms with Crippen LogP contribution in [-0.2, 0) is 0 Å². The van der Waals surface area contributed by atoms with Gasteiger partial charge in [0.2, 0.25) is 5.95 Å². The zero-order valence-corrected chi connectivity index (χ0v) is 14.9. The van der Waals surface area contributed by atoms with Crippen molar-refractivity contribution in [3.8, 4) is 17.0 Å². The smallest absolute Gasteiger partial charge is 0.223 e. The fraction of sp³-hybridized carbons (Fsp3) is 0.444. The Hall–Kier alpha value is -2.81. The lowest BCUT2D eigenvalue weighted by Crippen LogP contribution is -2.23. The second-order valence-corrected chi connectivity index (χ2v) is 7.02. The molecule has 0 bridgehead atoms. The summed E-state index contributed by atoms with van der Waals surface area (Å²) >= 11 is 0. The topological polar surface area (TPSA) is 89.3 Å². The van der Waals surface area contributed by atoms with Gasteiger partial charge in [-0.2, -0.15) is 5.10 Å². The third kappa shape index (κ3) is 2.97. The molecule has 3 aromatic heterocycles. The summed E-state index contributed by atoms with van der Waals surface area (Å²) in [5, 5.41) is 10.8. The highest BCUT2D eigenvalue weighted by atomic mass is 19.1. The summed E-state index contributed by atoms with van der Waals surface area (Å²) in [4.78, 5) is 13.2. The minimum absolute atomic E-state index is 0.202. The molecule has 3 aromatic rings. The van der Waals surface area contributed by atoms with Crippen molar-refractivity contribution in [3.63, 3.8) is 0 Å². The van der Waals surface area contributed by atoms with Gasteiger partial charge in [0.05, 0.1) is 37.0 Å². The molecule has 140 valence electrons. The van der Waals surface area contributed by atoms with Crippen LogP contribution >= 0.6 is 0 Å². The van der Waals surface area contributed by atoms with E-state index in [0.29, 0.717) is 28.8 Å². The molecule has 1 aliphatic carbocycles. The van der Waals surface area contributed by atoms with Crippen molar-refractivity contribution in [2.24, 2.45) is 0 Å². The zero-order valence-electron chi connectivity index (χ0n) is 14.9. The molecule has 27 heavy (non-hydrogen) atoms. The monoisotopic (exact) mass is 369 g/mol. The lowest BCUT2D eigenvalue weighted by molar-refractivity contribution is 0.403. The average Bonchev–Trinajstić information content (AvgIpc) is 3.25. The number of nitrogens with zero attached hydrogens (tertiary/aromatic N) is 5. The SMILES string of the molecule is COc1cn2ncc(-c3nc(NC4CCNC4)ncc3F)c2nc1C1CC1. The van der Waals surface area contributed by atoms with Crippen molar-refractivity contribution in [1.29, 1.82) is 0 Å². The van der Waals surface area contributed by atoms with Gasteiger partial charge in [0.25, 0.3) is 0 Å². The minimum Gasteiger partial charge on any atom is -0.493 e. The molecule has 1 saturated heterocycles. The molecule has 9 heteroatoms. The molecule has 1 saturated carbocycles. The molecule has 0 spiro atoms. The van der Waals surface area contributed by atoms with E-state index in [1.165, 1.54) is 6.20 Å². The standard InChI is InChI=1S/C18H20FN7O/c1-27-14-9-26-17(24-15(14)10-2-3-10)12(7-22-26)16-13(19)8-21-18(25-16)23-11-4-5-20-6-11/h7-11,20H,2-6H2,1H3,(H,21,23,25). The Morgan fingerprint density at radius 3 is 2.89 bits per heavy atom. The van der Waals surface area contributed by atoms with E-state index in [4.69, 9.17) is 9.72 Å². The number of fused-ring (bicyclic) bond motifs is 1. The predicted molar refractivity (Wildman–Crippen MR) is 97.4 cm³/mol. The Kier molecular flexibility index (Phi) is 3.89. The highest BCUT2D eigenvalue weighted by Gasteiger charge is 2.30. The molecule has 0 amide bonds. The first kappa shape index (κ1) is 16.4. The number of aromatic nitrogens is 5. The molecule has 8 nitrogen and oxygen atoms in total. The largest absolute Gasteiger partial charge is 0.493 e. The number of ether oxygens (including phenoxy) is 1. The Morgan fingerprint density at radius 2 is 2.15 bits per heavy atom. The molecule has 0 radical (unpaired) electrons. The molecule has 2 aliphatic rings. The number of hydrogen-bond acceptors (Lipinski definition) is 7. The number of anilines is 1. The van der Waals surface area contributed by atoms with E-state index in [9.17, 15) is 4.39 Å². The van der Waals surface area contributed by atoms with Gasteiger partial charge in [-0.3, -0.25) is 0 Å². The molecule has 1 atom stereocenters. The fourth-order valence-corrected chi connectivity index (χ4v) is 3.47. The van der Waals surface area contributed by atoms with Gasteiger partial charge in [-0.05, 0) is 25.8 Å². The Labute approximate surface area is 155 Å². The van der Waals surface area contributed by atoms with Crippen molar-refractivity contribution in [2.75, 3.05) is 25.5 Å². The van der Waals surface area contributed by atoms with Crippen LogP contribution in [0.25, 0.3) is 16.9 Å². The summed E-state index contributed by atoms with van der Waals surface area (Å²) in [5.74, 6) is 1.02. The van der Waals surface area contributed by atoms with Crippen LogP contribution in [0.4, 0.5) is 10.3 Å². The van der Waals surface area contributed by atoms with Gasteiger partial charge >= 0.3 is 0 Å². The second-order valence-electron chi connectivity index (χ2n) is 7.02. The molecular weight excluding hydrogens is 349 g/mol. The van der Waals surface area contributed by atoms with Gasteiger partial charge < -0.3 is 15.4 Å². The van der Waals surface area contributed by atoms with Gasteiger partial charge in [-0.15, -0.1) is 0 Å². The third-order valence-electron chi connectivity index (χ3n) is 5.06. The van der Waals surface area contributed by atoms with Gasteiger partial charge in [-0.1, -0.05) is 0 Å². The van der Waals surface area contributed by atoms with Crippen LogP contribution < -0.4 is 15.4 Å². The summed E-state index contributed by atoms with van der Waals surface area (Å²) in [6, 6.07) is 0.246. The summed E-state index contributed by atoms with van der Waals surface area (Å²) in [5.41, 5.74) is 2.22. The van der Waals surface area contributed by atoms with Gasteiger partial charge in [0.1, 0.15) is 5.69 Å². The number of halogens is 1. The fourth-order valence-electron chi connectivity index (χ4n) is 3.47.